The van der Waals surface area contributed by atoms with Crippen LogP contribution in [0.25, 0.3) is 22.0 Å². The Morgan fingerprint density at radius 3 is 2.52 bits per heavy atom. The van der Waals surface area contributed by atoms with Crippen LogP contribution in [-0.2, 0) is 20.2 Å². The quantitative estimate of drug-likeness (QED) is 0.234. The molecule has 0 atom stereocenters. The van der Waals surface area contributed by atoms with Crippen molar-refractivity contribution < 1.29 is 22.3 Å². The molecule has 7 rings (SSSR count). The van der Waals surface area contributed by atoms with Crippen LogP contribution >= 0.6 is 0 Å². The van der Waals surface area contributed by atoms with E-state index >= 15 is 4.39 Å². The SMILES string of the molecule is Cc1ccc(S(=O)(=O)Nc2cc(-c3cc4c5c(cnc4cc3F)N(C)C(=O)C53CCC3)cnc2OCCCN2CCCCC2)cn1. The molecule has 0 unspecified atom stereocenters. The van der Waals surface area contributed by atoms with Gasteiger partial charge in [-0.25, -0.2) is 17.8 Å². The monoisotopic (exact) mass is 644 g/mol. The molecular weight excluding hydrogens is 607 g/mol. The van der Waals surface area contributed by atoms with E-state index in [4.69, 9.17) is 4.74 Å². The van der Waals surface area contributed by atoms with Crippen LogP contribution in [0, 0.1) is 12.7 Å². The molecule has 2 aliphatic heterocycles. The fraction of sp³-hybridized carbons (Fsp3) is 0.412. The van der Waals surface area contributed by atoms with Crippen molar-refractivity contribution in [1.29, 1.82) is 0 Å². The predicted molar refractivity (Wildman–Crippen MR) is 174 cm³/mol. The Morgan fingerprint density at radius 2 is 1.80 bits per heavy atom. The van der Waals surface area contributed by atoms with Crippen molar-refractivity contribution in [3.63, 3.8) is 0 Å². The first kappa shape index (κ1) is 30.5. The van der Waals surface area contributed by atoms with Gasteiger partial charge in [-0.2, -0.15) is 0 Å². The predicted octanol–water partition coefficient (Wildman–Crippen LogP) is 5.59. The van der Waals surface area contributed by atoms with Crippen LogP contribution in [0.5, 0.6) is 5.88 Å². The molecule has 1 aliphatic carbocycles. The van der Waals surface area contributed by atoms with E-state index in [0.29, 0.717) is 28.8 Å². The number of anilines is 2. The summed E-state index contributed by atoms with van der Waals surface area (Å²) in [6.07, 6.45) is 11.2. The lowest BCUT2D eigenvalue weighted by molar-refractivity contribution is -0.125. The van der Waals surface area contributed by atoms with E-state index in [1.807, 2.05) is 0 Å². The maximum atomic E-state index is 15.8. The number of likely N-dealkylation sites (tertiary alicyclic amines) is 1. The first-order valence-electron chi connectivity index (χ1n) is 15.9. The van der Waals surface area contributed by atoms with Gasteiger partial charge in [0.1, 0.15) is 16.4 Å². The number of benzene rings is 1. The fourth-order valence-corrected chi connectivity index (χ4v) is 7.95. The molecule has 3 aliphatic rings. The minimum absolute atomic E-state index is 0.0161. The molecule has 3 aromatic heterocycles. The number of aryl methyl sites for hydroxylation is 1. The number of hydrogen-bond acceptors (Lipinski definition) is 8. The summed E-state index contributed by atoms with van der Waals surface area (Å²) in [7, 11) is -2.31. The van der Waals surface area contributed by atoms with Gasteiger partial charge in [0.15, 0.2) is 0 Å². The van der Waals surface area contributed by atoms with E-state index in [0.717, 1.165) is 56.6 Å². The molecule has 46 heavy (non-hydrogen) atoms. The highest BCUT2D eigenvalue weighted by atomic mass is 32.2. The second-order valence-corrected chi connectivity index (χ2v) is 14.3. The van der Waals surface area contributed by atoms with Gasteiger partial charge in [0.05, 0.1) is 29.4 Å². The molecule has 2 fully saturated rings. The number of ether oxygens (including phenoxy) is 1. The van der Waals surface area contributed by atoms with E-state index in [1.54, 1.807) is 43.3 Å². The van der Waals surface area contributed by atoms with Crippen molar-refractivity contribution >= 4 is 38.2 Å². The van der Waals surface area contributed by atoms with Crippen molar-refractivity contribution in [2.45, 2.75) is 62.2 Å². The Bertz CT molecular complexity index is 1920. The Morgan fingerprint density at radius 1 is 1.00 bits per heavy atom. The van der Waals surface area contributed by atoms with Crippen LogP contribution in [0.15, 0.2) is 53.8 Å². The number of halogens is 1. The molecular formula is C34H37FN6O4S. The third kappa shape index (κ3) is 5.37. The van der Waals surface area contributed by atoms with Crippen LogP contribution in [-0.4, -0.2) is 67.5 Å². The second kappa shape index (κ2) is 11.9. The van der Waals surface area contributed by atoms with E-state index < -0.39 is 21.3 Å². The van der Waals surface area contributed by atoms with Crippen molar-refractivity contribution in [1.82, 2.24) is 19.9 Å². The summed E-state index contributed by atoms with van der Waals surface area (Å²) in [6, 6.07) is 7.72. The molecule has 10 nitrogen and oxygen atoms in total. The van der Waals surface area contributed by atoms with E-state index in [2.05, 4.69) is 24.6 Å². The maximum Gasteiger partial charge on any atom is 0.263 e. The summed E-state index contributed by atoms with van der Waals surface area (Å²) < 4.78 is 51.3. The molecule has 0 radical (unpaired) electrons. The van der Waals surface area contributed by atoms with Gasteiger partial charge in [0.25, 0.3) is 10.0 Å². The number of likely N-dealkylation sites (N-methyl/N-ethyl adjacent to an activating group) is 1. The number of carbonyl (C=O) groups excluding carboxylic acids is 1. The van der Waals surface area contributed by atoms with Gasteiger partial charge in [-0.15, -0.1) is 0 Å². The highest BCUT2D eigenvalue weighted by Crippen LogP contribution is 2.55. The lowest BCUT2D eigenvalue weighted by atomic mass is 9.64. The number of fused-ring (bicyclic) bond motifs is 4. The van der Waals surface area contributed by atoms with E-state index in [1.165, 1.54) is 43.8 Å². The number of nitrogens with zero attached hydrogens (tertiary/aromatic N) is 5. The van der Waals surface area contributed by atoms with Gasteiger partial charge >= 0.3 is 0 Å². The molecule has 1 saturated heterocycles. The van der Waals surface area contributed by atoms with Gasteiger partial charge in [-0.3, -0.25) is 19.5 Å². The second-order valence-electron chi connectivity index (χ2n) is 12.6. The lowest BCUT2D eigenvalue weighted by Crippen LogP contribution is -2.43. The molecule has 1 N–H and O–H groups in total. The Labute approximate surface area is 268 Å². The van der Waals surface area contributed by atoms with Gasteiger partial charge in [0.2, 0.25) is 11.8 Å². The number of pyridine rings is 3. The molecule has 0 bridgehead atoms. The fourth-order valence-electron chi connectivity index (χ4n) is 6.96. The average molecular weight is 645 g/mol. The normalized spacial score (nSPS) is 17.7. The number of rotatable bonds is 9. The van der Waals surface area contributed by atoms with Gasteiger partial charge < -0.3 is 14.5 Å². The van der Waals surface area contributed by atoms with Gasteiger partial charge in [-0.1, -0.05) is 12.8 Å². The van der Waals surface area contributed by atoms with Crippen LogP contribution < -0.4 is 14.4 Å². The van der Waals surface area contributed by atoms with Gasteiger partial charge in [-0.05, 0) is 76.4 Å². The third-order valence-corrected chi connectivity index (χ3v) is 11.0. The number of piperidine rings is 1. The highest BCUT2D eigenvalue weighted by molar-refractivity contribution is 7.92. The maximum absolute atomic E-state index is 15.8. The van der Waals surface area contributed by atoms with Crippen molar-refractivity contribution in [3.8, 4) is 17.0 Å². The summed E-state index contributed by atoms with van der Waals surface area (Å²) in [5, 5.41) is 0.706. The molecule has 4 aromatic rings. The third-order valence-electron chi connectivity index (χ3n) is 9.60. The first-order chi connectivity index (χ1) is 22.2. The largest absolute Gasteiger partial charge is 0.476 e. The molecule has 1 aromatic carbocycles. The highest BCUT2D eigenvalue weighted by Gasteiger charge is 2.54. The minimum Gasteiger partial charge on any atom is -0.476 e. The number of aromatic nitrogens is 3. The number of sulfonamides is 1. The number of hydrogen-bond donors (Lipinski definition) is 1. The van der Waals surface area contributed by atoms with E-state index in [-0.39, 0.29) is 27.9 Å². The molecule has 1 spiro atoms. The van der Waals surface area contributed by atoms with Gasteiger partial charge in [0, 0.05) is 59.8 Å². The van der Waals surface area contributed by atoms with Crippen molar-refractivity contribution in [2.75, 3.05) is 42.9 Å². The molecule has 240 valence electrons. The zero-order valence-electron chi connectivity index (χ0n) is 26.1. The average Bonchev–Trinajstić information content (AvgIpc) is 3.26. The van der Waals surface area contributed by atoms with E-state index in [9.17, 15) is 13.2 Å². The van der Waals surface area contributed by atoms with Crippen LogP contribution in [0.4, 0.5) is 15.8 Å². The molecule has 5 heterocycles. The first-order valence-corrected chi connectivity index (χ1v) is 17.4. The standard InChI is InChI=1S/C34H37FN6O4S/c1-22-8-9-24(20-36-22)46(43,44)39-29-16-23(19-38-32(29)45-15-7-14-41-12-4-3-5-13-41)25-17-26-28(18-27(25)35)37-21-30-31(26)34(10-6-11-34)33(42)40(30)2/h8-9,16-21,39H,3-7,10-15H2,1-2H3. The summed E-state index contributed by atoms with van der Waals surface area (Å²) in [4.78, 5) is 30.4. The van der Waals surface area contributed by atoms with Crippen LogP contribution in [0.2, 0.25) is 0 Å². The summed E-state index contributed by atoms with van der Waals surface area (Å²) >= 11 is 0. The summed E-state index contributed by atoms with van der Waals surface area (Å²) in [5.74, 6) is -0.385. The smallest absolute Gasteiger partial charge is 0.263 e. The van der Waals surface area contributed by atoms with Crippen LogP contribution in [0.1, 0.15) is 56.2 Å². The van der Waals surface area contributed by atoms with Crippen LogP contribution in [0.3, 0.4) is 0 Å². The topological polar surface area (TPSA) is 118 Å². The summed E-state index contributed by atoms with van der Waals surface area (Å²) in [6.45, 7) is 5.15. The Kier molecular flexibility index (Phi) is 7.88. The lowest BCUT2D eigenvalue weighted by Gasteiger charge is -2.37. The number of carbonyl (C=O) groups is 1. The minimum atomic E-state index is -4.06. The number of amides is 1. The van der Waals surface area contributed by atoms with Crippen molar-refractivity contribution in [2.24, 2.45) is 0 Å². The molecule has 1 amide bonds. The number of nitrogens with one attached hydrogen (secondary N) is 1. The zero-order valence-corrected chi connectivity index (χ0v) is 26.9. The molecule has 12 heteroatoms. The zero-order chi connectivity index (χ0) is 32.1. The Balaban J connectivity index is 1.25. The molecule has 1 saturated carbocycles. The Hall–Kier alpha value is -4.16. The van der Waals surface area contributed by atoms with Crippen molar-refractivity contribution in [3.05, 3.63) is 66.0 Å². The summed E-state index contributed by atoms with van der Waals surface area (Å²) in [5.41, 5.74) is 2.82.